The van der Waals surface area contributed by atoms with E-state index in [1.54, 1.807) is 0 Å². The highest BCUT2D eigenvalue weighted by molar-refractivity contribution is 5.79. The summed E-state index contributed by atoms with van der Waals surface area (Å²) >= 11 is 0. The summed E-state index contributed by atoms with van der Waals surface area (Å²) in [6, 6.07) is 0. The van der Waals surface area contributed by atoms with Gasteiger partial charge < -0.3 is 10.6 Å². The van der Waals surface area contributed by atoms with Crippen molar-refractivity contribution in [1.82, 2.24) is 4.90 Å². The number of piperidine rings is 1. The molecule has 4 atom stereocenters. The molecule has 1 aliphatic heterocycles. The standard InChI is InChI=1S/C14H26N2O/c1-10-6-7-16(9-11(10)2)14(17)13-5-3-4-12(13)8-15/h10-13H,3-9,15H2,1-2H3. The number of likely N-dealkylation sites (tertiary alicyclic amines) is 1. The highest BCUT2D eigenvalue weighted by Crippen LogP contribution is 2.34. The van der Waals surface area contributed by atoms with Gasteiger partial charge in [0, 0.05) is 19.0 Å². The molecule has 1 saturated heterocycles. The lowest BCUT2D eigenvalue weighted by molar-refractivity contribution is -0.139. The van der Waals surface area contributed by atoms with Crippen LogP contribution in [0, 0.1) is 23.7 Å². The Balaban J connectivity index is 1.95. The SMILES string of the molecule is CC1CCN(C(=O)C2CCCC2CN)CC1C. The fourth-order valence-corrected chi connectivity index (χ4v) is 3.34. The number of nitrogens with two attached hydrogens (primary N) is 1. The minimum atomic E-state index is 0.223. The van der Waals surface area contributed by atoms with Gasteiger partial charge in [-0.3, -0.25) is 4.79 Å². The quantitative estimate of drug-likeness (QED) is 0.798. The van der Waals surface area contributed by atoms with E-state index in [0.29, 0.717) is 24.3 Å². The second-order valence-corrected chi connectivity index (χ2v) is 6.06. The third-order valence-electron chi connectivity index (χ3n) is 4.92. The Labute approximate surface area is 105 Å². The predicted molar refractivity (Wildman–Crippen MR) is 69.4 cm³/mol. The van der Waals surface area contributed by atoms with E-state index in [9.17, 15) is 4.79 Å². The van der Waals surface area contributed by atoms with Crippen molar-refractivity contribution in [3.63, 3.8) is 0 Å². The van der Waals surface area contributed by atoms with Crippen molar-refractivity contribution in [2.75, 3.05) is 19.6 Å². The molecule has 1 aliphatic carbocycles. The van der Waals surface area contributed by atoms with Gasteiger partial charge in [-0.05, 0) is 43.6 Å². The number of rotatable bonds is 2. The maximum atomic E-state index is 12.5. The summed E-state index contributed by atoms with van der Waals surface area (Å²) in [5.74, 6) is 2.45. The highest BCUT2D eigenvalue weighted by Gasteiger charge is 2.36. The third kappa shape index (κ3) is 2.65. The fraction of sp³-hybridized carbons (Fsp3) is 0.929. The van der Waals surface area contributed by atoms with Gasteiger partial charge in [-0.25, -0.2) is 0 Å². The first-order chi connectivity index (χ1) is 8.13. The van der Waals surface area contributed by atoms with Crippen LogP contribution >= 0.6 is 0 Å². The lowest BCUT2D eigenvalue weighted by Gasteiger charge is -2.37. The molecule has 2 rings (SSSR count). The van der Waals surface area contributed by atoms with E-state index in [0.717, 1.165) is 38.3 Å². The molecule has 0 radical (unpaired) electrons. The van der Waals surface area contributed by atoms with Crippen molar-refractivity contribution >= 4 is 5.91 Å². The van der Waals surface area contributed by atoms with Crippen LogP contribution < -0.4 is 5.73 Å². The third-order valence-corrected chi connectivity index (χ3v) is 4.92. The maximum Gasteiger partial charge on any atom is 0.226 e. The molecule has 2 N–H and O–H groups in total. The van der Waals surface area contributed by atoms with E-state index in [1.807, 2.05) is 0 Å². The number of hydrogen-bond acceptors (Lipinski definition) is 2. The van der Waals surface area contributed by atoms with E-state index < -0.39 is 0 Å². The van der Waals surface area contributed by atoms with Gasteiger partial charge in [0.05, 0.1) is 0 Å². The summed E-state index contributed by atoms with van der Waals surface area (Å²) in [6.07, 6.45) is 4.54. The highest BCUT2D eigenvalue weighted by atomic mass is 16.2. The molecule has 3 nitrogen and oxygen atoms in total. The second kappa shape index (κ2) is 5.38. The van der Waals surface area contributed by atoms with Crippen LogP contribution in [0.15, 0.2) is 0 Å². The first-order valence-electron chi connectivity index (χ1n) is 7.12. The number of carbonyl (C=O) groups excluding carboxylic acids is 1. The van der Waals surface area contributed by atoms with Crippen molar-refractivity contribution in [2.24, 2.45) is 29.4 Å². The second-order valence-electron chi connectivity index (χ2n) is 6.06. The van der Waals surface area contributed by atoms with E-state index in [2.05, 4.69) is 18.7 Å². The Morgan fingerprint density at radius 2 is 2.00 bits per heavy atom. The van der Waals surface area contributed by atoms with Gasteiger partial charge in [0.2, 0.25) is 5.91 Å². The Kier molecular flexibility index (Phi) is 4.08. The van der Waals surface area contributed by atoms with Gasteiger partial charge in [0.15, 0.2) is 0 Å². The largest absolute Gasteiger partial charge is 0.342 e. The smallest absolute Gasteiger partial charge is 0.226 e. The molecule has 0 aromatic rings. The Bertz CT molecular complexity index is 279. The zero-order valence-electron chi connectivity index (χ0n) is 11.2. The normalized spacial score (nSPS) is 38.4. The van der Waals surface area contributed by atoms with Gasteiger partial charge in [0.25, 0.3) is 0 Å². The van der Waals surface area contributed by atoms with Crippen LogP contribution in [0.4, 0.5) is 0 Å². The van der Waals surface area contributed by atoms with Gasteiger partial charge in [-0.1, -0.05) is 20.3 Å². The van der Waals surface area contributed by atoms with Crippen LogP contribution in [0.5, 0.6) is 0 Å². The van der Waals surface area contributed by atoms with Crippen LogP contribution in [0.1, 0.15) is 39.5 Å². The van der Waals surface area contributed by atoms with Crippen LogP contribution in [-0.2, 0) is 4.79 Å². The predicted octanol–water partition coefficient (Wildman–Crippen LogP) is 1.87. The van der Waals surface area contributed by atoms with Crippen LogP contribution in [-0.4, -0.2) is 30.4 Å². The average Bonchev–Trinajstić information content (AvgIpc) is 2.80. The fourth-order valence-electron chi connectivity index (χ4n) is 3.34. The molecular weight excluding hydrogens is 212 g/mol. The van der Waals surface area contributed by atoms with E-state index >= 15 is 0 Å². The molecule has 2 fully saturated rings. The Hall–Kier alpha value is -0.570. The minimum absolute atomic E-state index is 0.223. The zero-order chi connectivity index (χ0) is 12.4. The summed E-state index contributed by atoms with van der Waals surface area (Å²) in [7, 11) is 0. The number of carbonyl (C=O) groups is 1. The van der Waals surface area contributed by atoms with Gasteiger partial charge in [-0.2, -0.15) is 0 Å². The molecule has 1 amide bonds. The summed E-state index contributed by atoms with van der Waals surface area (Å²) in [6.45, 7) is 7.14. The van der Waals surface area contributed by atoms with E-state index in [-0.39, 0.29) is 5.92 Å². The molecule has 0 bridgehead atoms. The van der Waals surface area contributed by atoms with Crippen LogP contribution in [0.2, 0.25) is 0 Å². The van der Waals surface area contributed by atoms with Crippen molar-refractivity contribution in [3.8, 4) is 0 Å². The van der Waals surface area contributed by atoms with E-state index in [1.165, 1.54) is 6.42 Å². The molecule has 1 saturated carbocycles. The molecule has 0 spiro atoms. The minimum Gasteiger partial charge on any atom is -0.342 e. The van der Waals surface area contributed by atoms with E-state index in [4.69, 9.17) is 5.73 Å². The van der Waals surface area contributed by atoms with Gasteiger partial charge in [0.1, 0.15) is 0 Å². The summed E-state index contributed by atoms with van der Waals surface area (Å²) in [4.78, 5) is 14.6. The van der Waals surface area contributed by atoms with Crippen molar-refractivity contribution in [2.45, 2.75) is 39.5 Å². The molecule has 2 aliphatic rings. The molecule has 98 valence electrons. The molecule has 17 heavy (non-hydrogen) atoms. The van der Waals surface area contributed by atoms with Crippen molar-refractivity contribution < 1.29 is 4.79 Å². The lowest BCUT2D eigenvalue weighted by Crippen LogP contribution is -2.46. The van der Waals surface area contributed by atoms with Gasteiger partial charge in [-0.15, -0.1) is 0 Å². The summed E-state index contributed by atoms with van der Waals surface area (Å²) in [5.41, 5.74) is 5.77. The molecule has 0 aromatic carbocycles. The van der Waals surface area contributed by atoms with Crippen LogP contribution in [0.25, 0.3) is 0 Å². The molecule has 0 aromatic heterocycles. The molecule has 3 heteroatoms. The monoisotopic (exact) mass is 238 g/mol. The topological polar surface area (TPSA) is 46.3 Å². The molecule has 4 unspecified atom stereocenters. The first-order valence-corrected chi connectivity index (χ1v) is 7.12. The summed E-state index contributed by atoms with van der Waals surface area (Å²) in [5, 5.41) is 0. The first kappa shape index (κ1) is 12.9. The van der Waals surface area contributed by atoms with Crippen LogP contribution in [0.3, 0.4) is 0 Å². The van der Waals surface area contributed by atoms with Crippen molar-refractivity contribution in [3.05, 3.63) is 0 Å². The lowest BCUT2D eigenvalue weighted by atomic mass is 9.87. The number of nitrogens with zero attached hydrogens (tertiary/aromatic N) is 1. The Morgan fingerprint density at radius 3 is 2.65 bits per heavy atom. The number of hydrogen-bond donors (Lipinski definition) is 1. The average molecular weight is 238 g/mol. The van der Waals surface area contributed by atoms with Gasteiger partial charge >= 0.3 is 0 Å². The molecular formula is C14H26N2O. The van der Waals surface area contributed by atoms with Crippen molar-refractivity contribution in [1.29, 1.82) is 0 Å². The zero-order valence-corrected chi connectivity index (χ0v) is 11.2. The maximum absolute atomic E-state index is 12.5. The Morgan fingerprint density at radius 1 is 1.24 bits per heavy atom. The molecule has 1 heterocycles. The number of amides is 1. The summed E-state index contributed by atoms with van der Waals surface area (Å²) < 4.78 is 0.